The van der Waals surface area contributed by atoms with Crippen molar-refractivity contribution in [1.82, 2.24) is 9.88 Å². The van der Waals surface area contributed by atoms with E-state index in [1.807, 2.05) is 0 Å². The Balaban J connectivity index is 1.64. The van der Waals surface area contributed by atoms with Gasteiger partial charge < -0.3 is 25.0 Å². The van der Waals surface area contributed by atoms with Crippen molar-refractivity contribution >= 4 is 34.3 Å². The number of rotatable bonds is 6. The maximum atomic E-state index is 12.7. The minimum atomic E-state index is -1.03. The Morgan fingerprint density at radius 2 is 1.81 bits per heavy atom. The first-order valence-corrected chi connectivity index (χ1v) is 10.6. The van der Waals surface area contributed by atoms with Crippen molar-refractivity contribution in [1.29, 1.82) is 0 Å². The molecule has 0 aliphatic carbocycles. The van der Waals surface area contributed by atoms with E-state index in [0.29, 0.717) is 33.7 Å². The molecule has 1 aliphatic heterocycles. The number of piperazine rings is 1. The predicted octanol–water partition coefficient (Wildman–Crippen LogP) is 3.34. The van der Waals surface area contributed by atoms with Crippen LogP contribution in [0.2, 0.25) is 0 Å². The second-order valence-corrected chi connectivity index (χ2v) is 7.64. The SMILES string of the molecule is CCN1CCN(c2cc(C(=O)O)c3cc(NC(=O)c4ccccc4OC)ccc3n2)CC1. The molecular formula is C24H26N4O4. The number of para-hydroxylation sites is 1. The summed E-state index contributed by atoms with van der Waals surface area (Å²) in [6.07, 6.45) is 0. The first-order chi connectivity index (χ1) is 15.5. The molecule has 4 rings (SSSR count). The highest BCUT2D eigenvalue weighted by Crippen LogP contribution is 2.27. The molecule has 0 radical (unpaired) electrons. The highest BCUT2D eigenvalue weighted by atomic mass is 16.5. The Kier molecular flexibility index (Phi) is 6.23. The number of amides is 1. The van der Waals surface area contributed by atoms with Gasteiger partial charge in [0.25, 0.3) is 5.91 Å². The summed E-state index contributed by atoms with van der Waals surface area (Å²) in [6, 6.07) is 13.7. The van der Waals surface area contributed by atoms with Gasteiger partial charge in [-0.2, -0.15) is 0 Å². The number of carbonyl (C=O) groups is 2. The molecule has 1 aliphatic rings. The molecule has 2 heterocycles. The van der Waals surface area contributed by atoms with E-state index in [9.17, 15) is 14.7 Å². The number of carboxylic acids is 1. The normalized spacial score (nSPS) is 14.4. The van der Waals surface area contributed by atoms with Gasteiger partial charge in [-0.1, -0.05) is 19.1 Å². The largest absolute Gasteiger partial charge is 0.496 e. The first kappa shape index (κ1) is 21.6. The van der Waals surface area contributed by atoms with Crippen LogP contribution in [0.25, 0.3) is 10.9 Å². The molecule has 0 bridgehead atoms. The summed E-state index contributed by atoms with van der Waals surface area (Å²) in [5.74, 6) is -0.237. The summed E-state index contributed by atoms with van der Waals surface area (Å²) in [7, 11) is 1.51. The van der Waals surface area contributed by atoms with Gasteiger partial charge in [-0.25, -0.2) is 9.78 Å². The van der Waals surface area contributed by atoms with Gasteiger partial charge in [0.2, 0.25) is 0 Å². The van der Waals surface area contributed by atoms with Crippen LogP contribution in [-0.4, -0.2) is 66.7 Å². The van der Waals surface area contributed by atoms with Crippen molar-refractivity contribution in [2.24, 2.45) is 0 Å². The van der Waals surface area contributed by atoms with Crippen molar-refractivity contribution in [3.8, 4) is 5.75 Å². The van der Waals surface area contributed by atoms with Crippen LogP contribution in [-0.2, 0) is 0 Å². The molecule has 2 N–H and O–H groups in total. The van der Waals surface area contributed by atoms with Crippen LogP contribution in [0.4, 0.5) is 11.5 Å². The monoisotopic (exact) mass is 434 g/mol. The number of pyridine rings is 1. The Labute approximate surface area is 186 Å². The van der Waals surface area contributed by atoms with Gasteiger partial charge in [0, 0.05) is 37.3 Å². The average molecular weight is 434 g/mol. The molecule has 0 spiro atoms. The molecule has 1 amide bonds. The van der Waals surface area contributed by atoms with Crippen LogP contribution in [0.15, 0.2) is 48.5 Å². The summed E-state index contributed by atoms with van der Waals surface area (Å²) < 4.78 is 5.25. The lowest BCUT2D eigenvalue weighted by Crippen LogP contribution is -2.46. The highest BCUT2D eigenvalue weighted by Gasteiger charge is 2.20. The van der Waals surface area contributed by atoms with Crippen LogP contribution in [0.5, 0.6) is 5.75 Å². The summed E-state index contributed by atoms with van der Waals surface area (Å²) in [5, 5.41) is 13.1. The zero-order valence-corrected chi connectivity index (χ0v) is 18.2. The van der Waals surface area contributed by atoms with E-state index in [1.54, 1.807) is 48.5 Å². The van der Waals surface area contributed by atoms with Crippen molar-refractivity contribution in [2.75, 3.05) is 50.1 Å². The Bertz CT molecular complexity index is 1160. The smallest absolute Gasteiger partial charge is 0.336 e. The lowest BCUT2D eigenvalue weighted by Gasteiger charge is -2.35. The molecule has 1 fully saturated rings. The second-order valence-electron chi connectivity index (χ2n) is 7.64. The number of likely N-dealkylation sites (N-methyl/N-ethyl adjacent to an activating group) is 1. The zero-order valence-electron chi connectivity index (χ0n) is 18.2. The highest BCUT2D eigenvalue weighted by molar-refractivity contribution is 6.09. The number of aromatic carboxylic acids is 1. The van der Waals surface area contributed by atoms with Crippen LogP contribution in [0.1, 0.15) is 27.6 Å². The van der Waals surface area contributed by atoms with Crippen molar-refractivity contribution in [3.05, 3.63) is 59.7 Å². The van der Waals surface area contributed by atoms with Crippen molar-refractivity contribution < 1.29 is 19.4 Å². The van der Waals surface area contributed by atoms with Gasteiger partial charge in [0.15, 0.2) is 0 Å². The molecule has 8 nitrogen and oxygen atoms in total. The average Bonchev–Trinajstić information content (AvgIpc) is 2.83. The summed E-state index contributed by atoms with van der Waals surface area (Å²) in [6.45, 7) is 6.59. The third-order valence-electron chi connectivity index (χ3n) is 5.78. The fourth-order valence-corrected chi connectivity index (χ4v) is 3.95. The van der Waals surface area contributed by atoms with Crippen LogP contribution >= 0.6 is 0 Å². The number of fused-ring (bicyclic) bond motifs is 1. The number of methoxy groups -OCH3 is 1. The van der Waals surface area contributed by atoms with E-state index >= 15 is 0 Å². The standard InChI is InChI=1S/C24H26N4O4/c1-3-27-10-12-28(13-11-27)22-15-19(24(30)31)18-14-16(8-9-20(18)26-22)25-23(29)17-6-4-5-7-21(17)32-2/h4-9,14-15H,3,10-13H2,1-2H3,(H,25,29)(H,30,31). The summed E-state index contributed by atoms with van der Waals surface area (Å²) in [4.78, 5) is 33.9. The van der Waals surface area contributed by atoms with E-state index in [0.717, 1.165) is 32.7 Å². The molecular weight excluding hydrogens is 408 g/mol. The number of benzene rings is 2. The topological polar surface area (TPSA) is 95.0 Å². The molecule has 0 saturated carbocycles. The number of carboxylic acid groups (broad SMARTS) is 1. The molecule has 3 aromatic rings. The predicted molar refractivity (Wildman–Crippen MR) is 124 cm³/mol. The molecule has 2 aromatic carbocycles. The lowest BCUT2D eigenvalue weighted by molar-refractivity contribution is 0.0698. The number of aromatic nitrogens is 1. The quantitative estimate of drug-likeness (QED) is 0.614. The zero-order chi connectivity index (χ0) is 22.7. The first-order valence-electron chi connectivity index (χ1n) is 10.6. The van der Waals surface area contributed by atoms with Gasteiger partial charge in [-0.05, 0) is 42.9 Å². The van der Waals surface area contributed by atoms with E-state index < -0.39 is 5.97 Å². The molecule has 32 heavy (non-hydrogen) atoms. The molecule has 166 valence electrons. The minimum Gasteiger partial charge on any atom is -0.496 e. The van der Waals surface area contributed by atoms with Crippen molar-refractivity contribution in [2.45, 2.75) is 6.92 Å². The Morgan fingerprint density at radius 3 is 2.50 bits per heavy atom. The number of ether oxygens (including phenoxy) is 1. The second kappa shape index (κ2) is 9.23. The van der Waals surface area contributed by atoms with Gasteiger partial charge in [0.1, 0.15) is 11.6 Å². The Hall–Kier alpha value is -3.65. The number of hydrogen-bond acceptors (Lipinski definition) is 6. The van der Waals surface area contributed by atoms with Crippen LogP contribution in [0.3, 0.4) is 0 Å². The minimum absolute atomic E-state index is 0.163. The molecule has 1 saturated heterocycles. The molecule has 1 aromatic heterocycles. The van der Waals surface area contributed by atoms with Crippen LogP contribution < -0.4 is 15.0 Å². The maximum Gasteiger partial charge on any atom is 0.336 e. The fourth-order valence-electron chi connectivity index (χ4n) is 3.95. The Morgan fingerprint density at radius 1 is 1.06 bits per heavy atom. The van der Waals surface area contributed by atoms with E-state index in [2.05, 4.69) is 22.0 Å². The fraction of sp³-hybridized carbons (Fsp3) is 0.292. The van der Waals surface area contributed by atoms with Gasteiger partial charge >= 0.3 is 5.97 Å². The van der Waals surface area contributed by atoms with Crippen molar-refractivity contribution in [3.63, 3.8) is 0 Å². The summed E-state index contributed by atoms with van der Waals surface area (Å²) >= 11 is 0. The number of nitrogens with zero attached hydrogens (tertiary/aromatic N) is 3. The third-order valence-corrected chi connectivity index (χ3v) is 5.78. The van der Waals surface area contributed by atoms with Crippen LogP contribution in [0, 0.1) is 0 Å². The summed E-state index contributed by atoms with van der Waals surface area (Å²) in [5.41, 5.74) is 1.62. The van der Waals surface area contributed by atoms with E-state index in [4.69, 9.17) is 9.72 Å². The maximum absolute atomic E-state index is 12.7. The number of carbonyl (C=O) groups excluding carboxylic acids is 1. The number of anilines is 2. The lowest BCUT2D eigenvalue weighted by atomic mass is 10.1. The number of hydrogen-bond donors (Lipinski definition) is 2. The molecule has 0 atom stereocenters. The van der Waals surface area contributed by atoms with Gasteiger partial charge in [0.05, 0.1) is 23.8 Å². The third kappa shape index (κ3) is 4.36. The number of nitrogens with one attached hydrogen (secondary N) is 1. The molecule has 8 heteroatoms. The van der Waals surface area contributed by atoms with Gasteiger partial charge in [-0.3, -0.25) is 4.79 Å². The van der Waals surface area contributed by atoms with E-state index in [1.165, 1.54) is 7.11 Å². The van der Waals surface area contributed by atoms with Gasteiger partial charge in [-0.15, -0.1) is 0 Å². The molecule has 0 unspecified atom stereocenters. The van der Waals surface area contributed by atoms with E-state index in [-0.39, 0.29) is 11.5 Å².